The molecule has 2 rings (SSSR count). The summed E-state index contributed by atoms with van der Waals surface area (Å²) >= 11 is 0. The van der Waals surface area contributed by atoms with Crippen LogP contribution in [0.15, 0.2) is 0 Å². The van der Waals surface area contributed by atoms with E-state index in [1.807, 2.05) is 0 Å². The Hall–Kier alpha value is -0.940. The maximum Gasteiger partial charge on any atom is 0.255 e. The molecule has 0 spiro atoms. The first-order valence-electron chi connectivity index (χ1n) is 4.36. The van der Waals surface area contributed by atoms with Gasteiger partial charge in [-0.25, -0.2) is 0 Å². The van der Waals surface area contributed by atoms with Crippen molar-refractivity contribution < 1.29 is 14.3 Å². The van der Waals surface area contributed by atoms with Gasteiger partial charge in [0, 0.05) is 12.1 Å². The molecule has 0 atom stereocenters. The number of nitrogens with zero attached hydrogens (tertiary/aromatic N) is 1. The first kappa shape index (κ1) is 8.65. The summed E-state index contributed by atoms with van der Waals surface area (Å²) in [5.74, 6) is -0.457. The van der Waals surface area contributed by atoms with Crippen molar-refractivity contribution in [2.45, 2.75) is 24.9 Å². The van der Waals surface area contributed by atoms with Crippen LogP contribution in [-0.2, 0) is 14.3 Å². The molecule has 0 aromatic heterocycles. The normalized spacial score (nSPS) is 34.7. The van der Waals surface area contributed by atoms with Crippen LogP contribution in [0.5, 0.6) is 0 Å². The number of hydrogen-bond acceptors (Lipinski definition) is 4. The highest BCUT2D eigenvalue weighted by Crippen LogP contribution is 2.25. The molecule has 5 nitrogen and oxygen atoms in total. The van der Waals surface area contributed by atoms with Crippen LogP contribution in [0.25, 0.3) is 0 Å². The van der Waals surface area contributed by atoms with Gasteiger partial charge in [-0.1, -0.05) is 0 Å². The van der Waals surface area contributed by atoms with Gasteiger partial charge in [0.1, 0.15) is 13.2 Å². The van der Waals surface area contributed by atoms with Gasteiger partial charge >= 0.3 is 0 Å². The lowest BCUT2D eigenvalue weighted by molar-refractivity contribution is -0.163. The lowest BCUT2D eigenvalue weighted by atomic mass is 9.86. The summed E-state index contributed by atoms with van der Waals surface area (Å²) in [5.41, 5.74) is 5.59. The van der Waals surface area contributed by atoms with Gasteiger partial charge in [0.25, 0.3) is 11.8 Å². The molecular formula is C8H12N2O3. The first-order valence-corrected chi connectivity index (χ1v) is 4.36. The summed E-state index contributed by atoms with van der Waals surface area (Å²) in [7, 11) is 0. The molecule has 72 valence electrons. The maximum absolute atomic E-state index is 11.3. The minimum Gasteiger partial charge on any atom is -0.362 e. The minimum atomic E-state index is -0.229. The Bertz CT molecular complexity index is 232. The summed E-state index contributed by atoms with van der Waals surface area (Å²) in [4.78, 5) is 23.9. The molecule has 1 saturated heterocycles. The van der Waals surface area contributed by atoms with Crippen molar-refractivity contribution in [1.29, 1.82) is 0 Å². The minimum absolute atomic E-state index is 0.0253. The van der Waals surface area contributed by atoms with E-state index in [2.05, 4.69) is 0 Å². The van der Waals surface area contributed by atoms with Crippen LogP contribution >= 0.6 is 0 Å². The quantitative estimate of drug-likeness (QED) is 0.523. The van der Waals surface area contributed by atoms with Crippen LogP contribution in [0.2, 0.25) is 0 Å². The van der Waals surface area contributed by atoms with Crippen LogP contribution in [-0.4, -0.2) is 42.0 Å². The zero-order chi connectivity index (χ0) is 9.42. The van der Waals surface area contributed by atoms with E-state index in [1.165, 1.54) is 4.90 Å². The molecule has 0 radical (unpaired) electrons. The molecular weight excluding hydrogens is 172 g/mol. The fourth-order valence-corrected chi connectivity index (χ4v) is 1.75. The molecule has 0 aromatic carbocycles. The van der Waals surface area contributed by atoms with E-state index >= 15 is 0 Å². The van der Waals surface area contributed by atoms with E-state index in [4.69, 9.17) is 10.5 Å². The second-order valence-electron chi connectivity index (χ2n) is 3.54. The zero-order valence-corrected chi connectivity index (χ0v) is 7.23. The van der Waals surface area contributed by atoms with E-state index in [0.717, 1.165) is 12.8 Å². The third kappa shape index (κ3) is 1.45. The van der Waals surface area contributed by atoms with Gasteiger partial charge in [0.05, 0.1) is 0 Å². The smallest absolute Gasteiger partial charge is 0.255 e. The van der Waals surface area contributed by atoms with Crippen molar-refractivity contribution in [3.63, 3.8) is 0 Å². The average molecular weight is 184 g/mol. The Kier molecular flexibility index (Phi) is 2.05. The molecule has 1 saturated carbocycles. The third-order valence-electron chi connectivity index (χ3n) is 2.50. The topological polar surface area (TPSA) is 72.6 Å². The number of rotatable bonds is 1. The highest BCUT2D eigenvalue weighted by atomic mass is 16.5. The number of amides is 2. The lowest BCUT2D eigenvalue weighted by Gasteiger charge is -2.41. The van der Waals surface area contributed by atoms with Gasteiger partial charge in [-0.3, -0.25) is 14.5 Å². The van der Waals surface area contributed by atoms with Gasteiger partial charge in [0.15, 0.2) is 0 Å². The molecule has 13 heavy (non-hydrogen) atoms. The van der Waals surface area contributed by atoms with Crippen LogP contribution in [0.1, 0.15) is 12.8 Å². The van der Waals surface area contributed by atoms with Crippen LogP contribution < -0.4 is 5.73 Å². The van der Waals surface area contributed by atoms with Gasteiger partial charge in [-0.2, -0.15) is 0 Å². The summed E-state index contributed by atoms with van der Waals surface area (Å²) in [6.45, 7) is 0.0506. The molecule has 0 aromatic rings. The molecule has 0 bridgehead atoms. The van der Waals surface area contributed by atoms with E-state index < -0.39 is 0 Å². The maximum atomic E-state index is 11.3. The Balaban J connectivity index is 2.02. The zero-order valence-electron chi connectivity index (χ0n) is 7.23. The molecule has 2 amide bonds. The molecule has 2 fully saturated rings. The standard InChI is InChI=1S/C8H12N2O3/c9-5-1-6(2-5)10-7(11)3-13-4-8(10)12/h5-6H,1-4,9H2. The fraction of sp³-hybridized carbons (Fsp3) is 0.750. The highest BCUT2D eigenvalue weighted by molar-refractivity contribution is 5.98. The van der Waals surface area contributed by atoms with Crippen molar-refractivity contribution in [1.82, 2.24) is 4.90 Å². The number of imide groups is 1. The SMILES string of the molecule is NC1CC(N2C(=O)COCC2=O)C1. The van der Waals surface area contributed by atoms with Crippen molar-refractivity contribution in [3.8, 4) is 0 Å². The lowest BCUT2D eigenvalue weighted by Crippen LogP contribution is -2.58. The molecule has 5 heteroatoms. The number of carbonyl (C=O) groups excluding carboxylic acids is 2. The van der Waals surface area contributed by atoms with E-state index in [0.29, 0.717) is 0 Å². The molecule has 1 aliphatic carbocycles. The Morgan fingerprint density at radius 2 is 1.77 bits per heavy atom. The number of nitrogens with two attached hydrogens (primary N) is 1. The molecule has 1 heterocycles. The first-order chi connectivity index (χ1) is 6.18. The monoisotopic (exact) mass is 184 g/mol. The Labute approximate surface area is 75.8 Å². The summed E-state index contributed by atoms with van der Waals surface area (Å²) in [6, 6.07) is 0.173. The number of hydrogen-bond donors (Lipinski definition) is 1. The molecule has 0 unspecified atom stereocenters. The number of carbonyl (C=O) groups is 2. The highest BCUT2D eigenvalue weighted by Gasteiger charge is 2.39. The summed E-state index contributed by atoms with van der Waals surface area (Å²) in [6.07, 6.45) is 1.47. The van der Waals surface area contributed by atoms with Gasteiger partial charge in [0.2, 0.25) is 0 Å². The van der Waals surface area contributed by atoms with Crippen molar-refractivity contribution in [2.75, 3.05) is 13.2 Å². The van der Waals surface area contributed by atoms with Crippen LogP contribution in [0.4, 0.5) is 0 Å². The van der Waals surface area contributed by atoms with Gasteiger partial charge in [-0.05, 0) is 12.8 Å². The van der Waals surface area contributed by atoms with Crippen molar-refractivity contribution in [3.05, 3.63) is 0 Å². The van der Waals surface area contributed by atoms with Gasteiger partial charge < -0.3 is 10.5 Å². The van der Waals surface area contributed by atoms with Crippen molar-refractivity contribution >= 4 is 11.8 Å². The molecule has 2 N–H and O–H groups in total. The summed E-state index contributed by atoms with van der Waals surface area (Å²) < 4.78 is 4.80. The third-order valence-corrected chi connectivity index (χ3v) is 2.50. The Morgan fingerprint density at radius 1 is 1.23 bits per heavy atom. The van der Waals surface area contributed by atoms with Crippen LogP contribution in [0.3, 0.4) is 0 Å². The number of morpholine rings is 1. The molecule has 1 aliphatic heterocycles. The largest absolute Gasteiger partial charge is 0.362 e. The predicted octanol–water partition coefficient (Wildman–Crippen LogP) is -1.14. The van der Waals surface area contributed by atoms with Crippen LogP contribution in [0, 0.1) is 0 Å². The van der Waals surface area contributed by atoms with Crippen molar-refractivity contribution in [2.24, 2.45) is 5.73 Å². The fourth-order valence-electron chi connectivity index (χ4n) is 1.75. The van der Waals surface area contributed by atoms with E-state index in [9.17, 15) is 9.59 Å². The molecule has 2 aliphatic rings. The van der Waals surface area contributed by atoms with Gasteiger partial charge in [-0.15, -0.1) is 0 Å². The second kappa shape index (κ2) is 3.08. The van der Waals surface area contributed by atoms with E-state index in [-0.39, 0.29) is 37.1 Å². The Morgan fingerprint density at radius 3 is 2.23 bits per heavy atom. The predicted molar refractivity (Wildman–Crippen MR) is 43.7 cm³/mol. The number of ether oxygens (including phenoxy) is 1. The average Bonchev–Trinajstić information content (AvgIpc) is 2.00. The van der Waals surface area contributed by atoms with E-state index in [1.54, 1.807) is 0 Å². The second-order valence-corrected chi connectivity index (χ2v) is 3.54. The summed E-state index contributed by atoms with van der Waals surface area (Å²) in [5, 5.41) is 0.